The van der Waals surface area contributed by atoms with Crippen LogP contribution in [-0.4, -0.2) is 37.9 Å². The molecule has 0 spiro atoms. The van der Waals surface area contributed by atoms with Crippen LogP contribution in [0.5, 0.6) is 5.75 Å². The molecule has 6 heteroatoms. The average molecular weight is 354 g/mol. The standard InChI is InChI=1S/C20H21BF2N2O/c21-16-9-13(22)10-17(23)20(16)26-19-15-6-2-1-4-12(15)8-18(19)25-7-3-5-14(24)11-25/h1-2,4,6,9-10,14,18-19H,3,5,7-8,11,24H2/t14-,18-,19-/m1/s1. The van der Waals surface area contributed by atoms with E-state index in [-0.39, 0.29) is 29.4 Å². The van der Waals surface area contributed by atoms with Gasteiger partial charge in [0.1, 0.15) is 25.5 Å². The molecular weight excluding hydrogens is 333 g/mol. The molecule has 3 nitrogen and oxygen atoms in total. The molecule has 2 radical (unpaired) electrons. The topological polar surface area (TPSA) is 38.5 Å². The Bertz CT molecular complexity index is 793. The van der Waals surface area contributed by atoms with Crippen LogP contribution in [0.15, 0.2) is 36.4 Å². The van der Waals surface area contributed by atoms with E-state index in [1.54, 1.807) is 0 Å². The summed E-state index contributed by atoms with van der Waals surface area (Å²) >= 11 is 0. The predicted molar refractivity (Wildman–Crippen MR) is 97.8 cm³/mol. The Morgan fingerprint density at radius 2 is 2.00 bits per heavy atom. The highest BCUT2D eigenvalue weighted by molar-refractivity contribution is 6.34. The first-order valence-corrected chi connectivity index (χ1v) is 9.01. The Kier molecular flexibility index (Phi) is 4.72. The SMILES string of the molecule is [B]c1cc(F)cc(F)c1O[C@@H]1c2ccccc2C[C@H]1N1CCC[C@@H](N)C1. The number of fused-ring (bicyclic) bond motifs is 1. The fourth-order valence-electron chi connectivity index (χ4n) is 4.17. The van der Waals surface area contributed by atoms with E-state index in [0.717, 1.165) is 50.0 Å². The van der Waals surface area contributed by atoms with Gasteiger partial charge in [-0.05, 0) is 48.5 Å². The molecule has 1 heterocycles. The van der Waals surface area contributed by atoms with Gasteiger partial charge in [0.2, 0.25) is 0 Å². The molecule has 0 bridgehead atoms. The van der Waals surface area contributed by atoms with E-state index in [9.17, 15) is 8.78 Å². The number of hydrogen-bond acceptors (Lipinski definition) is 3. The summed E-state index contributed by atoms with van der Waals surface area (Å²) in [6.45, 7) is 1.73. The van der Waals surface area contributed by atoms with Gasteiger partial charge in [-0.3, -0.25) is 4.90 Å². The zero-order valence-corrected chi connectivity index (χ0v) is 14.5. The van der Waals surface area contributed by atoms with Gasteiger partial charge in [0.15, 0.2) is 5.82 Å². The maximum Gasteiger partial charge on any atom is 0.167 e. The molecule has 4 rings (SSSR count). The number of ether oxygens (including phenoxy) is 1. The lowest BCUT2D eigenvalue weighted by Crippen LogP contribution is -2.50. The van der Waals surface area contributed by atoms with Gasteiger partial charge in [-0.15, -0.1) is 0 Å². The van der Waals surface area contributed by atoms with Crippen molar-refractivity contribution in [3.8, 4) is 5.75 Å². The van der Waals surface area contributed by atoms with Crippen molar-refractivity contribution < 1.29 is 13.5 Å². The lowest BCUT2D eigenvalue weighted by Gasteiger charge is -2.38. The number of likely N-dealkylation sites (tertiary alicyclic amines) is 1. The summed E-state index contributed by atoms with van der Waals surface area (Å²) in [5.74, 6) is -1.57. The molecule has 1 aliphatic carbocycles. The molecule has 2 aliphatic rings. The van der Waals surface area contributed by atoms with E-state index in [4.69, 9.17) is 18.3 Å². The summed E-state index contributed by atoms with van der Waals surface area (Å²) in [5, 5.41) is 0. The van der Waals surface area contributed by atoms with Gasteiger partial charge in [-0.25, -0.2) is 8.78 Å². The summed E-state index contributed by atoms with van der Waals surface area (Å²) in [6.07, 6.45) is 2.50. The van der Waals surface area contributed by atoms with Crippen molar-refractivity contribution >= 4 is 13.3 Å². The van der Waals surface area contributed by atoms with Crippen molar-refractivity contribution in [2.24, 2.45) is 5.73 Å². The second-order valence-electron chi connectivity index (χ2n) is 7.21. The molecule has 26 heavy (non-hydrogen) atoms. The number of nitrogens with two attached hydrogens (primary N) is 1. The van der Waals surface area contributed by atoms with Gasteiger partial charge in [0, 0.05) is 18.7 Å². The Balaban J connectivity index is 1.68. The van der Waals surface area contributed by atoms with E-state index < -0.39 is 11.6 Å². The van der Waals surface area contributed by atoms with Gasteiger partial charge < -0.3 is 10.5 Å². The van der Waals surface area contributed by atoms with Crippen LogP contribution < -0.4 is 15.9 Å². The smallest absolute Gasteiger partial charge is 0.167 e. The first-order valence-electron chi connectivity index (χ1n) is 9.01. The van der Waals surface area contributed by atoms with Crippen LogP contribution >= 0.6 is 0 Å². The summed E-state index contributed by atoms with van der Waals surface area (Å²) in [6, 6.07) is 10.1. The van der Waals surface area contributed by atoms with E-state index in [1.165, 1.54) is 5.56 Å². The van der Waals surface area contributed by atoms with Crippen LogP contribution in [0.2, 0.25) is 0 Å². The van der Waals surface area contributed by atoms with E-state index in [1.807, 2.05) is 18.2 Å². The first kappa shape index (κ1) is 17.5. The summed E-state index contributed by atoms with van der Waals surface area (Å²) in [4.78, 5) is 2.33. The summed E-state index contributed by atoms with van der Waals surface area (Å²) < 4.78 is 33.7. The molecule has 2 aromatic rings. The molecule has 1 fully saturated rings. The second kappa shape index (κ2) is 7.01. The second-order valence-corrected chi connectivity index (χ2v) is 7.21. The molecule has 2 aromatic carbocycles. The minimum absolute atomic E-state index is 0.0269. The van der Waals surface area contributed by atoms with Crippen molar-refractivity contribution in [1.82, 2.24) is 4.90 Å². The Labute approximate surface area is 153 Å². The van der Waals surface area contributed by atoms with Crippen molar-refractivity contribution in [1.29, 1.82) is 0 Å². The van der Waals surface area contributed by atoms with Crippen LogP contribution in [0.1, 0.15) is 30.1 Å². The summed E-state index contributed by atoms with van der Waals surface area (Å²) in [7, 11) is 5.83. The highest BCUT2D eigenvalue weighted by Crippen LogP contribution is 2.39. The summed E-state index contributed by atoms with van der Waals surface area (Å²) in [5.41, 5.74) is 8.34. The zero-order valence-electron chi connectivity index (χ0n) is 14.5. The van der Waals surface area contributed by atoms with E-state index in [0.29, 0.717) is 0 Å². The average Bonchev–Trinajstić information content (AvgIpc) is 2.96. The highest BCUT2D eigenvalue weighted by atomic mass is 19.1. The number of piperidine rings is 1. The minimum Gasteiger partial charge on any atom is -0.482 e. The molecule has 1 aliphatic heterocycles. The molecule has 2 N–H and O–H groups in total. The van der Waals surface area contributed by atoms with Gasteiger partial charge in [0.05, 0.1) is 6.04 Å². The Morgan fingerprint density at radius 1 is 1.19 bits per heavy atom. The normalized spacial score (nSPS) is 25.9. The predicted octanol–water partition coefficient (Wildman–Crippen LogP) is 2.23. The van der Waals surface area contributed by atoms with Crippen molar-refractivity contribution in [2.45, 2.75) is 37.5 Å². The number of hydrogen-bond donors (Lipinski definition) is 1. The van der Waals surface area contributed by atoms with Crippen LogP contribution in [-0.2, 0) is 6.42 Å². The minimum atomic E-state index is -0.777. The van der Waals surface area contributed by atoms with Gasteiger partial charge in [-0.1, -0.05) is 24.3 Å². The maximum atomic E-state index is 14.3. The van der Waals surface area contributed by atoms with Gasteiger partial charge in [0.25, 0.3) is 0 Å². The lowest BCUT2D eigenvalue weighted by atomic mass is 9.94. The number of benzene rings is 2. The number of halogens is 2. The van der Waals surface area contributed by atoms with Crippen LogP contribution in [0.4, 0.5) is 8.78 Å². The fraction of sp³-hybridized carbons (Fsp3) is 0.400. The zero-order chi connectivity index (χ0) is 18.3. The third-order valence-corrected chi connectivity index (χ3v) is 5.38. The van der Waals surface area contributed by atoms with Crippen molar-refractivity contribution in [3.05, 3.63) is 59.2 Å². The van der Waals surface area contributed by atoms with Crippen LogP contribution in [0.25, 0.3) is 0 Å². The van der Waals surface area contributed by atoms with Gasteiger partial charge >= 0.3 is 0 Å². The van der Waals surface area contributed by atoms with E-state index >= 15 is 0 Å². The highest BCUT2D eigenvalue weighted by Gasteiger charge is 2.39. The molecule has 0 aromatic heterocycles. The maximum absolute atomic E-state index is 14.3. The lowest BCUT2D eigenvalue weighted by molar-refractivity contribution is 0.0576. The third kappa shape index (κ3) is 3.24. The molecule has 134 valence electrons. The fourth-order valence-corrected chi connectivity index (χ4v) is 4.17. The molecule has 0 saturated carbocycles. The Morgan fingerprint density at radius 3 is 2.77 bits per heavy atom. The molecule has 3 atom stereocenters. The number of rotatable bonds is 3. The van der Waals surface area contributed by atoms with Crippen LogP contribution in [0, 0.1) is 11.6 Å². The molecule has 0 amide bonds. The monoisotopic (exact) mass is 354 g/mol. The largest absolute Gasteiger partial charge is 0.482 e. The molecular formula is C20H21BF2N2O. The van der Waals surface area contributed by atoms with Crippen molar-refractivity contribution in [2.75, 3.05) is 13.1 Å². The first-order chi connectivity index (χ1) is 12.5. The third-order valence-electron chi connectivity index (χ3n) is 5.38. The quantitative estimate of drug-likeness (QED) is 0.860. The van der Waals surface area contributed by atoms with Crippen molar-refractivity contribution in [3.63, 3.8) is 0 Å². The molecule has 1 saturated heterocycles. The molecule has 0 unspecified atom stereocenters. The van der Waals surface area contributed by atoms with Crippen LogP contribution in [0.3, 0.4) is 0 Å². The van der Waals surface area contributed by atoms with Gasteiger partial charge in [-0.2, -0.15) is 0 Å². The Hall–Kier alpha value is -1.92. The van der Waals surface area contributed by atoms with E-state index in [2.05, 4.69) is 11.0 Å². The number of nitrogens with zero attached hydrogens (tertiary/aromatic N) is 1.